The lowest BCUT2D eigenvalue weighted by Crippen LogP contribution is -2.48. The predicted octanol–water partition coefficient (Wildman–Crippen LogP) is 6.02. The molecule has 0 unspecified atom stereocenters. The van der Waals surface area contributed by atoms with Crippen LogP contribution in [0.15, 0.2) is 103 Å². The smallest absolute Gasteiger partial charge is 0.185 e. The molecule has 4 aromatic rings. The van der Waals surface area contributed by atoms with Gasteiger partial charge < -0.3 is 14.4 Å². The summed E-state index contributed by atoms with van der Waals surface area (Å²) in [6, 6.07) is 27.6. The molecule has 0 N–H and O–H groups in total. The van der Waals surface area contributed by atoms with Crippen LogP contribution in [0.4, 0.5) is 5.69 Å². The molecule has 202 valence electrons. The lowest BCUT2D eigenvalue weighted by Gasteiger charge is -2.37. The van der Waals surface area contributed by atoms with E-state index in [1.165, 1.54) is 0 Å². The van der Waals surface area contributed by atoms with Crippen molar-refractivity contribution in [3.8, 4) is 11.5 Å². The summed E-state index contributed by atoms with van der Waals surface area (Å²) in [5.41, 5.74) is 2.16. The summed E-state index contributed by atoms with van der Waals surface area (Å²) < 4.78 is 10.9. The Labute approximate surface area is 237 Å². The fraction of sp³-hybridized carbons (Fsp3) is 0.171. The van der Waals surface area contributed by atoms with Crippen molar-refractivity contribution in [2.75, 3.05) is 19.1 Å². The van der Waals surface area contributed by atoms with Gasteiger partial charge in [0.25, 0.3) is 0 Å². The number of ether oxygens (including phenoxy) is 2. The van der Waals surface area contributed by atoms with E-state index in [4.69, 9.17) is 9.47 Å². The molecule has 0 amide bonds. The zero-order chi connectivity index (χ0) is 28.3. The van der Waals surface area contributed by atoms with Crippen molar-refractivity contribution in [1.82, 2.24) is 0 Å². The number of hydrogen-bond acceptors (Lipinski definition) is 6. The number of carbonyl (C=O) groups excluding carboxylic acids is 3. The minimum atomic E-state index is -1.55. The molecule has 6 heteroatoms. The summed E-state index contributed by atoms with van der Waals surface area (Å²) in [6.45, 7) is 0. The molecular formula is C35H27NO5. The topological polar surface area (TPSA) is 72.9 Å². The highest BCUT2D eigenvalue weighted by molar-refractivity contribution is 6.32. The van der Waals surface area contributed by atoms with E-state index in [2.05, 4.69) is 0 Å². The number of benzene rings is 4. The number of Topliss-reactive ketones (excluding diaryl/α,β-unsaturated/α-hetero) is 3. The molecular weight excluding hydrogens is 514 g/mol. The average Bonchev–Trinajstić information content (AvgIpc) is 3.47. The molecule has 1 spiro atoms. The van der Waals surface area contributed by atoms with Gasteiger partial charge in [0.15, 0.2) is 17.3 Å². The van der Waals surface area contributed by atoms with Gasteiger partial charge in [0, 0.05) is 28.3 Å². The van der Waals surface area contributed by atoms with Gasteiger partial charge in [0.05, 0.1) is 20.3 Å². The summed E-state index contributed by atoms with van der Waals surface area (Å²) in [7, 11) is 3.15. The van der Waals surface area contributed by atoms with Crippen LogP contribution in [0, 0.1) is 5.41 Å². The molecule has 7 rings (SSSR count). The van der Waals surface area contributed by atoms with Gasteiger partial charge in [-0.3, -0.25) is 14.4 Å². The molecule has 3 atom stereocenters. The Morgan fingerprint density at radius 3 is 2.10 bits per heavy atom. The van der Waals surface area contributed by atoms with Gasteiger partial charge in [-0.15, -0.1) is 0 Å². The standard InChI is InChI=1S/C35H27NO5/c1-40-24-17-14-22(15-18-24)32(37)31-30(23-9-7-10-25(20-23)41-2)35(33(38)26-11-4-5-12-27(26)34(35)39)29-19-16-21-8-3-6-13-28(21)36(29)31/h3-20,29-31H,1-2H3/t29-,30-,31+/m0/s1. The number of hydrogen-bond donors (Lipinski definition) is 0. The highest BCUT2D eigenvalue weighted by atomic mass is 16.5. The third-order valence-electron chi connectivity index (χ3n) is 8.81. The normalized spacial score (nSPS) is 21.4. The highest BCUT2D eigenvalue weighted by Crippen LogP contribution is 2.61. The van der Waals surface area contributed by atoms with Crippen LogP contribution in [0.3, 0.4) is 0 Å². The minimum Gasteiger partial charge on any atom is -0.497 e. The molecule has 4 aromatic carbocycles. The van der Waals surface area contributed by atoms with E-state index in [1.807, 2.05) is 65.6 Å². The minimum absolute atomic E-state index is 0.177. The van der Waals surface area contributed by atoms with Crippen LogP contribution in [0.25, 0.3) is 6.08 Å². The summed E-state index contributed by atoms with van der Waals surface area (Å²) in [5, 5.41) is 0. The van der Waals surface area contributed by atoms with Gasteiger partial charge in [-0.25, -0.2) is 0 Å². The predicted molar refractivity (Wildman–Crippen MR) is 156 cm³/mol. The Morgan fingerprint density at radius 2 is 1.41 bits per heavy atom. The number of para-hydroxylation sites is 1. The van der Waals surface area contributed by atoms with E-state index in [0.29, 0.717) is 33.8 Å². The van der Waals surface area contributed by atoms with E-state index in [-0.39, 0.29) is 17.3 Å². The maximum atomic E-state index is 14.7. The van der Waals surface area contributed by atoms with Crippen molar-refractivity contribution < 1.29 is 23.9 Å². The molecule has 1 fully saturated rings. The maximum Gasteiger partial charge on any atom is 0.185 e. The summed E-state index contributed by atoms with van der Waals surface area (Å²) >= 11 is 0. The molecule has 2 aliphatic heterocycles. The zero-order valence-corrected chi connectivity index (χ0v) is 22.6. The van der Waals surface area contributed by atoms with Crippen LogP contribution in [-0.4, -0.2) is 43.7 Å². The number of rotatable bonds is 5. The Balaban J connectivity index is 1.53. The van der Waals surface area contributed by atoms with E-state index >= 15 is 0 Å². The van der Waals surface area contributed by atoms with Crippen molar-refractivity contribution in [2.45, 2.75) is 18.0 Å². The number of nitrogens with zero attached hydrogens (tertiary/aromatic N) is 1. The lowest BCUT2D eigenvalue weighted by molar-refractivity contribution is 0.0665. The number of carbonyl (C=O) groups is 3. The second-order valence-corrected chi connectivity index (χ2v) is 10.6. The first-order valence-electron chi connectivity index (χ1n) is 13.6. The third kappa shape index (κ3) is 3.40. The quantitative estimate of drug-likeness (QED) is 0.227. The van der Waals surface area contributed by atoms with Crippen molar-refractivity contribution >= 4 is 29.1 Å². The largest absolute Gasteiger partial charge is 0.497 e. The van der Waals surface area contributed by atoms with Crippen LogP contribution in [-0.2, 0) is 0 Å². The number of methoxy groups -OCH3 is 2. The fourth-order valence-electron chi connectivity index (χ4n) is 7.05. The Bertz CT molecular complexity index is 1720. The molecule has 0 saturated carbocycles. The molecule has 0 bridgehead atoms. The van der Waals surface area contributed by atoms with Crippen LogP contribution < -0.4 is 14.4 Å². The fourth-order valence-corrected chi connectivity index (χ4v) is 7.05. The van der Waals surface area contributed by atoms with E-state index < -0.39 is 23.4 Å². The molecule has 6 nitrogen and oxygen atoms in total. The van der Waals surface area contributed by atoms with E-state index in [9.17, 15) is 14.4 Å². The van der Waals surface area contributed by atoms with Crippen molar-refractivity contribution in [3.63, 3.8) is 0 Å². The van der Waals surface area contributed by atoms with Gasteiger partial charge in [-0.05, 0) is 53.6 Å². The summed E-state index contributed by atoms with van der Waals surface area (Å²) in [4.78, 5) is 46.1. The SMILES string of the molecule is COc1ccc(C(=O)[C@H]2[C@H](c3cccc(OC)c3)C3(C(=O)c4ccccc4C3=O)[C@@H]3C=Cc4ccccc4N32)cc1. The zero-order valence-electron chi connectivity index (χ0n) is 22.6. The Kier molecular flexibility index (Phi) is 5.68. The van der Waals surface area contributed by atoms with Crippen LogP contribution in [0.2, 0.25) is 0 Å². The number of fused-ring (bicyclic) bond motifs is 5. The van der Waals surface area contributed by atoms with Gasteiger partial charge in [-0.1, -0.05) is 66.7 Å². The molecule has 0 radical (unpaired) electrons. The first-order chi connectivity index (χ1) is 20.0. The van der Waals surface area contributed by atoms with Gasteiger partial charge in [-0.2, -0.15) is 0 Å². The van der Waals surface area contributed by atoms with Crippen LogP contribution in [0.1, 0.15) is 48.1 Å². The second-order valence-electron chi connectivity index (χ2n) is 10.6. The first-order valence-corrected chi connectivity index (χ1v) is 13.6. The lowest BCUT2D eigenvalue weighted by atomic mass is 9.64. The van der Waals surface area contributed by atoms with Gasteiger partial charge in [0.1, 0.15) is 23.0 Å². The number of anilines is 1. The maximum absolute atomic E-state index is 14.7. The van der Waals surface area contributed by atoms with E-state index in [1.54, 1.807) is 62.8 Å². The van der Waals surface area contributed by atoms with E-state index in [0.717, 1.165) is 11.3 Å². The van der Waals surface area contributed by atoms with Crippen molar-refractivity contribution in [2.24, 2.45) is 5.41 Å². The Hall–Kier alpha value is -4.97. The monoisotopic (exact) mass is 541 g/mol. The summed E-state index contributed by atoms with van der Waals surface area (Å²) in [6.07, 6.45) is 3.89. The average molecular weight is 542 g/mol. The number of ketones is 3. The third-order valence-corrected chi connectivity index (χ3v) is 8.81. The molecule has 41 heavy (non-hydrogen) atoms. The molecule has 1 saturated heterocycles. The second kappa shape index (κ2) is 9.30. The molecule has 0 aromatic heterocycles. The van der Waals surface area contributed by atoms with Gasteiger partial charge in [0.2, 0.25) is 0 Å². The summed E-state index contributed by atoms with van der Waals surface area (Å²) in [5.74, 6) is -0.256. The van der Waals surface area contributed by atoms with Gasteiger partial charge >= 0.3 is 0 Å². The highest BCUT2D eigenvalue weighted by Gasteiger charge is 2.71. The van der Waals surface area contributed by atoms with Crippen molar-refractivity contribution in [1.29, 1.82) is 0 Å². The van der Waals surface area contributed by atoms with Crippen molar-refractivity contribution in [3.05, 3.63) is 131 Å². The first kappa shape index (κ1) is 25.0. The Morgan fingerprint density at radius 1 is 0.756 bits per heavy atom. The molecule has 1 aliphatic carbocycles. The molecule has 2 heterocycles. The van der Waals surface area contributed by atoms with Crippen LogP contribution >= 0.6 is 0 Å². The molecule has 3 aliphatic rings. The van der Waals surface area contributed by atoms with Crippen LogP contribution in [0.5, 0.6) is 11.5 Å².